The highest BCUT2D eigenvalue weighted by Crippen LogP contribution is 2.39. The zero-order valence-corrected chi connectivity index (χ0v) is 18.7. The van der Waals surface area contributed by atoms with Gasteiger partial charge in [-0.25, -0.2) is 8.78 Å². The molecular weight excluding hydrogens is 448 g/mol. The Balaban J connectivity index is 2.16. The maximum absolute atomic E-state index is 15.3. The molecule has 2 heterocycles. The fourth-order valence-electron chi connectivity index (χ4n) is 4.28. The first-order valence-electron chi connectivity index (χ1n) is 10.4. The predicted molar refractivity (Wildman–Crippen MR) is 128 cm³/mol. The van der Waals surface area contributed by atoms with E-state index in [0.717, 1.165) is 6.07 Å². The van der Waals surface area contributed by atoms with Crippen LogP contribution in [0.5, 0.6) is 0 Å². The molecule has 1 aromatic heterocycles. The number of halogens is 3. The summed E-state index contributed by atoms with van der Waals surface area (Å²) in [4.78, 5) is 15.0. The average molecular weight is 470 g/mol. The lowest BCUT2D eigenvalue weighted by Gasteiger charge is -2.24. The van der Waals surface area contributed by atoms with Gasteiger partial charge in [-0.05, 0) is 36.6 Å². The van der Waals surface area contributed by atoms with Crippen LogP contribution in [0.1, 0.15) is 24.5 Å². The second-order valence-corrected chi connectivity index (χ2v) is 8.48. The number of rotatable bonds is 4. The summed E-state index contributed by atoms with van der Waals surface area (Å²) in [5.74, 6) is -1.24. The van der Waals surface area contributed by atoms with E-state index in [1.54, 1.807) is 9.47 Å². The third kappa shape index (κ3) is 3.73. The Kier molecular flexibility index (Phi) is 5.87. The van der Waals surface area contributed by atoms with Crippen molar-refractivity contribution in [2.24, 2.45) is 5.73 Å². The lowest BCUT2D eigenvalue weighted by atomic mass is 10.0. The Labute approximate surface area is 194 Å². The number of hydrogen-bond acceptors (Lipinski definition) is 5. The fraction of sp³-hybridized carbons (Fsp3) is 0.250. The van der Waals surface area contributed by atoms with Crippen molar-refractivity contribution in [2.45, 2.75) is 25.8 Å². The van der Waals surface area contributed by atoms with Crippen LogP contribution < -0.4 is 21.8 Å². The van der Waals surface area contributed by atoms with E-state index in [2.05, 4.69) is 6.58 Å². The summed E-state index contributed by atoms with van der Waals surface area (Å²) < 4.78 is 31.0. The van der Waals surface area contributed by atoms with Gasteiger partial charge in [0.05, 0.1) is 50.2 Å². The summed E-state index contributed by atoms with van der Waals surface area (Å²) in [6, 6.07) is 5.60. The Morgan fingerprint density at radius 3 is 2.67 bits per heavy atom. The van der Waals surface area contributed by atoms with Gasteiger partial charge in [0, 0.05) is 25.3 Å². The molecule has 0 saturated carbocycles. The predicted octanol–water partition coefficient (Wildman–Crippen LogP) is 4.14. The van der Waals surface area contributed by atoms with Gasteiger partial charge < -0.3 is 20.9 Å². The van der Waals surface area contributed by atoms with Crippen LogP contribution in [-0.2, 0) is 6.42 Å². The normalized spacial score (nSPS) is 15.8. The molecule has 9 heteroatoms. The van der Waals surface area contributed by atoms with Crippen molar-refractivity contribution in [2.75, 3.05) is 23.7 Å². The molecule has 170 valence electrons. The summed E-state index contributed by atoms with van der Waals surface area (Å²) in [7, 11) is 0. The molecule has 1 aliphatic heterocycles. The lowest BCUT2D eigenvalue weighted by molar-refractivity contribution is 0.624. The molecule has 4 rings (SSSR count). The van der Waals surface area contributed by atoms with E-state index in [0.29, 0.717) is 37.2 Å². The van der Waals surface area contributed by atoms with Crippen molar-refractivity contribution in [3.05, 3.63) is 69.0 Å². The highest BCUT2D eigenvalue weighted by atomic mass is 35.5. The maximum atomic E-state index is 15.3. The summed E-state index contributed by atoms with van der Waals surface area (Å²) >= 11 is 6.76. The van der Waals surface area contributed by atoms with Crippen LogP contribution >= 0.6 is 11.6 Å². The number of nitriles is 1. The minimum absolute atomic E-state index is 0.0126. The number of pyridine rings is 1. The molecule has 0 bridgehead atoms. The molecular formula is C24H22ClF2N5O. The summed E-state index contributed by atoms with van der Waals surface area (Å²) in [5.41, 5.74) is 12.5. The van der Waals surface area contributed by atoms with Gasteiger partial charge in [0.2, 0.25) is 0 Å². The lowest BCUT2D eigenvalue weighted by Crippen LogP contribution is -2.27. The summed E-state index contributed by atoms with van der Waals surface area (Å²) in [5, 5.41) is 9.36. The van der Waals surface area contributed by atoms with E-state index in [1.807, 2.05) is 13.0 Å². The zero-order valence-electron chi connectivity index (χ0n) is 18.0. The number of anilines is 2. The van der Waals surface area contributed by atoms with Crippen molar-refractivity contribution in [1.82, 2.24) is 4.57 Å². The van der Waals surface area contributed by atoms with Gasteiger partial charge in [-0.15, -0.1) is 0 Å². The standard InChI is InChI=1S/C24H22ClF2N5O/c1-3-13-6-17(26)19(30)8-20(13)32-11-16(12(2)9-28)24(33)15-7-18(27)23(21(25)22(15)32)31-5-4-14(29)10-31/h6-8,11,14H,2-5,10,29-30H2,1H3. The second-order valence-electron chi connectivity index (χ2n) is 8.10. The molecule has 1 fully saturated rings. The maximum Gasteiger partial charge on any atom is 0.198 e. The molecule has 0 radical (unpaired) electrons. The van der Waals surface area contributed by atoms with E-state index in [1.165, 1.54) is 18.3 Å². The number of nitrogen functional groups attached to an aromatic ring is 1. The topological polar surface area (TPSA) is 101 Å². The molecule has 3 aromatic rings. The van der Waals surface area contributed by atoms with Crippen LogP contribution in [0.2, 0.25) is 5.02 Å². The van der Waals surface area contributed by atoms with Crippen LogP contribution in [0.3, 0.4) is 0 Å². The second kappa shape index (κ2) is 8.50. The van der Waals surface area contributed by atoms with Gasteiger partial charge in [0.1, 0.15) is 11.6 Å². The molecule has 6 nitrogen and oxygen atoms in total. The van der Waals surface area contributed by atoms with Crippen LogP contribution in [0.4, 0.5) is 20.2 Å². The zero-order chi connectivity index (χ0) is 24.0. The van der Waals surface area contributed by atoms with Crippen LogP contribution in [0.15, 0.2) is 35.8 Å². The first kappa shape index (κ1) is 22.8. The highest BCUT2D eigenvalue weighted by molar-refractivity contribution is 6.38. The number of fused-ring (bicyclic) bond motifs is 1. The first-order chi connectivity index (χ1) is 15.7. The monoisotopic (exact) mass is 469 g/mol. The SMILES string of the molecule is C=C(C#N)c1cn(-c2cc(N)c(F)cc2CC)c2c(Cl)c(N3CCC(N)C3)c(F)cc2c1=O. The quantitative estimate of drug-likeness (QED) is 0.441. The number of benzene rings is 2. The number of aryl methyl sites for hydroxylation is 1. The minimum Gasteiger partial charge on any atom is -0.396 e. The van der Waals surface area contributed by atoms with E-state index in [-0.39, 0.29) is 44.5 Å². The third-order valence-corrected chi connectivity index (χ3v) is 6.35. The Bertz CT molecular complexity index is 1410. The number of nitrogens with zero attached hydrogens (tertiary/aromatic N) is 3. The van der Waals surface area contributed by atoms with Crippen molar-refractivity contribution in [3.63, 3.8) is 0 Å². The molecule has 1 unspecified atom stereocenters. The van der Waals surface area contributed by atoms with E-state index < -0.39 is 17.1 Å². The molecule has 0 spiro atoms. The molecule has 0 aliphatic carbocycles. The van der Waals surface area contributed by atoms with Gasteiger partial charge in [-0.2, -0.15) is 5.26 Å². The molecule has 1 aliphatic rings. The van der Waals surface area contributed by atoms with Crippen LogP contribution in [-0.4, -0.2) is 23.7 Å². The Morgan fingerprint density at radius 1 is 1.33 bits per heavy atom. The highest BCUT2D eigenvalue weighted by Gasteiger charge is 2.28. The molecule has 1 saturated heterocycles. The number of allylic oxidation sites excluding steroid dienone is 1. The first-order valence-corrected chi connectivity index (χ1v) is 10.8. The van der Waals surface area contributed by atoms with Gasteiger partial charge in [0.15, 0.2) is 5.43 Å². The van der Waals surface area contributed by atoms with Crippen molar-refractivity contribution in [1.29, 1.82) is 5.26 Å². The third-order valence-electron chi connectivity index (χ3n) is 6.00. The number of hydrogen-bond donors (Lipinski definition) is 2. The van der Waals surface area contributed by atoms with Crippen molar-refractivity contribution < 1.29 is 8.78 Å². The van der Waals surface area contributed by atoms with Crippen LogP contribution in [0.25, 0.3) is 22.2 Å². The van der Waals surface area contributed by atoms with E-state index in [9.17, 15) is 14.4 Å². The fourth-order valence-corrected chi connectivity index (χ4v) is 4.68. The molecule has 0 amide bonds. The van der Waals surface area contributed by atoms with E-state index in [4.69, 9.17) is 23.1 Å². The van der Waals surface area contributed by atoms with E-state index >= 15 is 4.39 Å². The molecule has 4 N–H and O–H groups in total. The largest absolute Gasteiger partial charge is 0.396 e. The smallest absolute Gasteiger partial charge is 0.198 e. The number of nitrogens with two attached hydrogens (primary N) is 2. The average Bonchev–Trinajstić information content (AvgIpc) is 3.21. The molecule has 1 atom stereocenters. The van der Waals surface area contributed by atoms with Gasteiger partial charge in [-0.1, -0.05) is 25.1 Å². The van der Waals surface area contributed by atoms with Gasteiger partial charge in [-0.3, -0.25) is 4.79 Å². The summed E-state index contributed by atoms with van der Waals surface area (Å²) in [6.07, 6.45) is 2.54. The Morgan fingerprint density at radius 2 is 2.06 bits per heavy atom. The van der Waals surface area contributed by atoms with Crippen LogP contribution in [0, 0.1) is 23.0 Å². The molecule has 2 aromatic carbocycles. The Hall–Kier alpha value is -3.41. The van der Waals surface area contributed by atoms with Gasteiger partial charge >= 0.3 is 0 Å². The van der Waals surface area contributed by atoms with Gasteiger partial charge in [0.25, 0.3) is 0 Å². The molecule has 33 heavy (non-hydrogen) atoms. The summed E-state index contributed by atoms with van der Waals surface area (Å²) in [6.45, 7) is 6.42. The minimum atomic E-state index is -0.667. The van der Waals surface area contributed by atoms with Crippen molar-refractivity contribution >= 4 is 39.5 Å². The van der Waals surface area contributed by atoms with Crippen molar-refractivity contribution in [3.8, 4) is 11.8 Å². The number of aromatic nitrogens is 1.